The van der Waals surface area contributed by atoms with Gasteiger partial charge in [0.1, 0.15) is 11.8 Å². The fourth-order valence-electron chi connectivity index (χ4n) is 1.92. The van der Waals surface area contributed by atoms with Gasteiger partial charge in [-0.15, -0.1) is 0 Å². The van der Waals surface area contributed by atoms with Gasteiger partial charge in [-0.25, -0.2) is 4.79 Å². The first kappa shape index (κ1) is 16.8. The van der Waals surface area contributed by atoms with Crippen molar-refractivity contribution in [3.05, 3.63) is 23.8 Å². The standard InChI is InChI=1S/C15H22N2O4/c1-9(2)7-13(15(19)21-4)17-14(18)11-8-10(20-3)5-6-12(11)16/h5-6,8-9,13H,7,16H2,1-4H3,(H,17,18). The molecule has 0 aliphatic heterocycles. The van der Waals surface area contributed by atoms with Crippen LogP contribution in [0.1, 0.15) is 30.6 Å². The molecule has 0 spiro atoms. The first-order valence-electron chi connectivity index (χ1n) is 6.71. The summed E-state index contributed by atoms with van der Waals surface area (Å²) in [6, 6.07) is 4.09. The number of carbonyl (C=O) groups excluding carboxylic acids is 2. The van der Waals surface area contributed by atoms with Crippen molar-refractivity contribution in [2.75, 3.05) is 20.0 Å². The van der Waals surface area contributed by atoms with E-state index in [-0.39, 0.29) is 11.5 Å². The zero-order chi connectivity index (χ0) is 16.0. The van der Waals surface area contributed by atoms with E-state index >= 15 is 0 Å². The summed E-state index contributed by atoms with van der Waals surface area (Å²) in [4.78, 5) is 24.0. The molecule has 1 aromatic rings. The Balaban J connectivity index is 2.93. The fraction of sp³-hybridized carbons (Fsp3) is 0.467. The number of nitrogen functional groups attached to an aromatic ring is 1. The zero-order valence-corrected chi connectivity index (χ0v) is 12.8. The summed E-state index contributed by atoms with van der Waals surface area (Å²) >= 11 is 0. The topological polar surface area (TPSA) is 90.6 Å². The molecule has 0 aliphatic carbocycles. The molecule has 0 aromatic heterocycles. The third-order valence-electron chi connectivity index (χ3n) is 3.00. The lowest BCUT2D eigenvalue weighted by Crippen LogP contribution is -2.42. The number of methoxy groups -OCH3 is 2. The first-order valence-corrected chi connectivity index (χ1v) is 6.71. The van der Waals surface area contributed by atoms with E-state index in [1.54, 1.807) is 12.1 Å². The van der Waals surface area contributed by atoms with Gasteiger partial charge in [0.25, 0.3) is 5.91 Å². The lowest BCUT2D eigenvalue weighted by molar-refractivity contribution is -0.143. The number of benzene rings is 1. The number of nitrogens with two attached hydrogens (primary N) is 1. The van der Waals surface area contributed by atoms with Gasteiger partial charge in [0.05, 0.1) is 19.8 Å². The van der Waals surface area contributed by atoms with Gasteiger partial charge in [0.15, 0.2) is 0 Å². The summed E-state index contributed by atoms with van der Waals surface area (Å²) in [5.74, 6) is -0.147. The number of hydrogen-bond donors (Lipinski definition) is 2. The quantitative estimate of drug-likeness (QED) is 0.614. The monoisotopic (exact) mass is 294 g/mol. The van der Waals surface area contributed by atoms with Crippen LogP contribution in [-0.2, 0) is 9.53 Å². The summed E-state index contributed by atoms with van der Waals surface area (Å²) in [5, 5.41) is 2.66. The van der Waals surface area contributed by atoms with Gasteiger partial charge in [-0.2, -0.15) is 0 Å². The molecule has 6 heteroatoms. The number of carbonyl (C=O) groups is 2. The molecule has 0 fully saturated rings. The number of ether oxygens (including phenoxy) is 2. The van der Waals surface area contributed by atoms with Crippen LogP contribution in [0, 0.1) is 5.92 Å². The molecule has 0 bridgehead atoms. The molecule has 0 radical (unpaired) electrons. The molecule has 0 saturated carbocycles. The molecule has 1 amide bonds. The van der Waals surface area contributed by atoms with E-state index in [9.17, 15) is 9.59 Å². The lowest BCUT2D eigenvalue weighted by atomic mass is 10.0. The largest absolute Gasteiger partial charge is 0.497 e. The number of amides is 1. The Morgan fingerprint density at radius 1 is 1.29 bits per heavy atom. The van der Waals surface area contributed by atoms with E-state index in [0.29, 0.717) is 17.9 Å². The molecular weight excluding hydrogens is 272 g/mol. The van der Waals surface area contributed by atoms with Gasteiger partial charge in [-0.05, 0) is 30.5 Å². The summed E-state index contributed by atoms with van der Waals surface area (Å²) < 4.78 is 9.79. The number of nitrogens with one attached hydrogen (secondary N) is 1. The molecule has 1 aromatic carbocycles. The van der Waals surface area contributed by atoms with Gasteiger partial charge in [-0.3, -0.25) is 4.79 Å². The third kappa shape index (κ3) is 4.66. The highest BCUT2D eigenvalue weighted by Crippen LogP contribution is 2.20. The van der Waals surface area contributed by atoms with E-state index in [0.717, 1.165) is 0 Å². The lowest BCUT2D eigenvalue weighted by Gasteiger charge is -2.19. The van der Waals surface area contributed by atoms with Crippen LogP contribution >= 0.6 is 0 Å². The van der Waals surface area contributed by atoms with Crippen LogP contribution in [0.4, 0.5) is 5.69 Å². The molecular formula is C15H22N2O4. The highest BCUT2D eigenvalue weighted by Gasteiger charge is 2.24. The summed E-state index contributed by atoms with van der Waals surface area (Å²) in [6.45, 7) is 3.92. The van der Waals surface area contributed by atoms with E-state index < -0.39 is 17.9 Å². The maximum Gasteiger partial charge on any atom is 0.328 e. The van der Waals surface area contributed by atoms with Gasteiger partial charge in [-0.1, -0.05) is 13.8 Å². The second-order valence-corrected chi connectivity index (χ2v) is 5.13. The zero-order valence-electron chi connectivity index (χ0n) is 12.8. The number of esters is 1. The Kier molecular flexibility index (Phi) is 6.02. The van der Waals surface area contributed by atoms with Crippen LogP contribution in [0.3, 0.4) is 0 Å². The predicted molar refractivity (Wildman–Crippen MR) is 80.1 cm³/mol. The Morgan fingerprint density at radius 3 is 2.48 bits per heavy atom. The number of anilines is 1. The number of hydrogen-bond acceptors (Lipinski definition) is 5. The van der Waals surface area contributed by atoms with Crippen LogP contribution in [-0.4, -0.2) is 32.1 Å². The Hall–Kier alpha value is -2.24. The van der Waals surface area contributed by atoms with E-state index in [2.05, 4.69) is 5.32 Å². The van der Waals surface area contributed by atoms with Crippen LogP contribution in [0.15, 0.2) is 18.2 Å². The molecule has 0 saturated heterocycles. The highest BCUT2D eigenvalue weighted by atomic mass is 16.5. The van der Waals surface area contributed by atoms with Gasteiger partial charge < -0.3 is 20.5 Å². The van der Waals surface area contributed by atoms with Crippen LogP contribution < -0.4 is 15.8 Å². The van der Waals surface area contributed by atoms with Crippen molar-refractivity contribution < 1.29 is 19.1 Å². The Morgan fingerprint density at radius 2 is 1.95 bits per heavy atom. The van der Waals surface area contributed by atoms with Crippen molar-refractivity contribution in [3.8, 4) is 5.75 Å². The van der Waals surface area contributed by atoms with Crippen molar-refractivity contribution in [2.24, 2.45) is 5.92 Å². The normalized spacial score (nSPS) is 11.9. The Bertz CT molecular complexity index is 514. The second-order valence-electron chi connectivity index (χ2n) is 5.13. The van der Waals surface area contributed by atoms with Crippen molar-refractivity contribution in [1.29, 1.82) is 0 Å². The molecule has 6 nitrogen and oxygen atoms in total. The maximum absolute atomic E-state index is 12.3. The van der Waals surface area contributed by atoms with E-state index in [1.165, 1.54) is 20.3 Å². The summed E-state index contributed by atoms with van der Waals surface area (Å²) in [6.07, 6.45) is 0.488. The average Bonchev–Trinajstić information content (AvgIpc) is 2.45. The molecule has 0 aliphatic rings. The Labute approximate surface area is 124 Å². The molecule has 0 heterocycles. The number of rotatable bonds is 6. The van der Waals surface area contributed by atoms with Gasteiger partial charge in [0.2, 0.25) is 0 Å². The fourth-order valence-corrected chi connectivity index (χ4v) is 1.92. The van der Waals surface area contributed by atoms with Crippen molar-refractivity contribution in [3.63, 3.8) is 0 Å². The molecule has 116 valence electrons. The minimum absolute atomic E-state index is 0.233. The minimum atomic E-state index is -0.701. The van der Waals surface area contributed by atoms with Crippen LogP contribution in [0.25, 0.3) is 0 Å². The maximum atomic E-state index is 12.3. The molecule has 3 N–H and O–H groups in total. The van der Waals surface area contributed by atoms with Gasteiger partial charge >= 0.3 is 5.97 Å². The second kappa shape index (κ2) is 7.52. The SMILES string of the molecule is COC(=O)C(CC(C)C)NC(=O)c1cc(OC)ccc1N. The predicted octanol–water partition coefficient (Wildman–Crippen LogP) is 1.59. The minimum Gasteiger partial charge on any atom is -0.497 e. The molecule has 21 heavy (non-hydrogen) atoms. The molecule has 1 atom stereocenters. The average molecular weight is 294 g/mol. The van der Waals surface area contributed by atoms with Gasteiger partial charge in [0, 0.05) is 5.69 Å². The smallest absolute Gasteiger partial charge is 0.328 e. The summed E-state index contributed by atoms with van der Waals surface area (Å²) in [5.41, 5.74) is 6.39. The highest BCUT2D eigenvalue weighted by molar-refractivity contribution is 6.01. The molecule has 1 rings (SSSR count). The van der Waals surface area contributed by atoms with Crippen molar-refractivity contribution in [1.82, 2.24) is 5.32 Å². The third-order valence-corrected chi connectivity index (χ3v) is 3.00. The van der Waals surface area contributed by atoms with E-state index in [4.69, 9.17) is 15.2 Å². The first-order chi connectivity index (χ1) is 9.88. The van der Waals surface area contributed by atoms with Crippen LogP contribution in [0.2, 0.25) is 0 Å². The van der Waals surface area contributed by atoms with Crippen LogP contribution in [0.5, 0.6) is 5.75 Å². The van der Waals surface area contributed by atoms with E-state index in [1.807, 2.05) is 13.8 Å². The summed E-state index contributed by atoms with van der Waals surface area (Å²) in [7, 11) is 2.80. The molecule has 1 unspecified atom stereocenters. The van der Waals surface area contributed by atoms with Crippen molar-refractivity contribution in [2.45, 2.75) is 26.3 Å². The van der Waals surface area contributed by atoms with Crippen molar-refractivity contribution >= 4 is 17.6 Å².